The number of phenolic OH excluding ortho intramolecular Hbond substituents is 1. The number of amides is 1. The Labute approximate surface area is 248 Å². The summed E-state index contributed by atoms with van der Waals surface area (Å²) in [6.07, 6.45) is -15.0. The molecule has 5 nitrogen and oxygen atoms in total. The first-order chi connectivity index (χ1) is 20.8. The van der Waals surface area contributed by atoms with Crippen molar-refractivity contribution in [2.45, 2.75) is 31.0 Å². The Balaban J connectivity index is 1.54. The average molecular weight is 641 g/mol. The van der Waals surface area contributed by atoms with Gasteiger partial charge in [0.1, 0.15) is 11.8 Å². The SMILES string of the molecule is O=C(N[C@@H](Cc1ccc(-c2cc(C(F)(F)F)cc(C(F)(F)F)c2)cc1)C(=O)O)c1cc(-c2ccc(C(F)(F)F)cc2)ccc1O. The predicted octanol–water partition coefficient (Wildman–Crippen LogP) is 8.21. The third-order valence-electron chi connectivity index (χ3n) is 6.70. The van der Waals surface area contributed by atoms with E-state index in [0.717, 1.165) is 36.4 Å². The molecule has 0 unspecified atom stereocenters. The lowest BCUT2D eigenvalue weighted by Crippen LogP contribution is -2.42. The minimum absolute atomic E-state index is 0.00494. The summed E-state index contributed by atoms with van der Waals surface area (Å²) in [5, 5.41) is 22.1. The molecule has 4 rings (SSSR count). The summed E-state index contributed by atoms with van der Waals surface area (Å²) in [5.41, 5.74) is -3.91. The lowest BCUT2D eigenvalue weighted by Gasteiger charge is -2.17. The fourth-order valence-corrected chi connectivity index (χ4v) is 4.38. The van der Waals surface area contributed by atoms with E-state index in [-0.39, 0.29) is 45.9 Å². The molecule has 0 heterocycles. The van der Waals surface area contributed by atoms with Crippen LogP contribution in [0, 0.1) is 0 Å². The van der Waals surface area contributed by atoms with Gasteiger partial charge in [0.25, 0.3) is 5.91 Å². The van der Waals surface area contributed by atoms with Gasteiger partial charge in [-0.15, -0.1) is 0 Å². The third-order valence-corrected chi connectivity index (χ3v) is 6.70. The summed E-state index contributed by atoms with van der Waals surface area (Å²) in [6, 6.07) is 12.0. The van der Waals surface area contributed by atoms with Crippen LogP contribution in [0.2, 0.25) is 0 Å². The number of aromatic hydroxyl groups is 1. The first-order valence-corrected chi connectivity index (χ1v) is 12.8. The van der Waals surface area contributed by atoms with Crippen LogP contribution in [0.4, 0.5) is 39.5 Å². The molecule has 0 radical (unpaired) electrons. The van der Waals surface area contributed by atoms with Crippen molar-refractivity contribution in [2.24, 2.45) is 0 Å². The molecule has 0 fully saturated rings. The highest BCUT2D eigenvalue weighted by molar-refractivity contribution is 6.00. The van der Waals surface area contributed by atoms with Gasteiger partial charge in [0, 0.05) is 6.42 Å². The van der Waals surface area contributed by atoms with Crippen molar-refractivity contribution in [3.63, 3.8) is 0 Å². The number of hydrogen-bond donors (Lipinski definition) is 3. The molecule has 1 atom stereocenters. The summed E-state index contributed by atoms with van der Waals surface area (Å²) in [4.78, 5) is 24.9. The van der Waals surface area contributed by atoms with E-state index in [1.165, 1.54) is 30.3 Å². The summed E-state index contributed by atoms with van der Waals surface area (Å²) in [5.74, 6) is -3.08. The van der Waals surface area contributed by atoms with E-state index < -0.39 is 58.9 Å². The molecule has 4 aromatic carbocycles. The van der Waals surface area contributed by atoms with Crippen molar-refractivity contribution >= 4 is 11.9 Å². The first-order valence-electron chi connectivity index (χ1n) is 12.8. The van der Waals surface area contributed by atoms with E-state index in [9.17, 15) is 59.3 Å². The number of benzene rings is 4. The zero-order valence-electron chi connectivity index (χ0n) is 22.5. The smallest absolute Gasteiger partial charge is 0.416 e. The van der Waals surface area contributed by atoms with E-state index in [2.05, 4.69) is 5.32 Å². The summed E-state index contributed by atoms with van der Waals surface area (Å²) in [6.45, 7) is 0. The lowest BCUT2D eigenvalue weighted by molar-refractivity contribution is -0.143. The maximum absolute atomic E-state index is 13.2. The molecule has 0 aromatic heterocycles. The second-order valence-corrected chi connectivity index (χ2v) is 9.87. The Morgan fingerprint density at radius 2 is 1.07 bits per heavy atom. The molecule has 0 aliphatic rings. The van der Waals surface area contributed by atoms with Gasteiger partial charge in [0.05, 0.1) is 22.3 Å². The molecule has 0 saturated carbocycles. The second kappa shape index (κ2) is 12.2. The number of carbonyl (C=O) groups is 2. The number of aliphatic carboxylic acids is 1. The fraction of sp³-hybridized carbons (Fsp3) is 0.161. The molecular weight excluding hydrogens is 621 g/mol. The number of carbonyl (C=O) groups excluding carboxylic acids is 1. The number of alkyl halides is 9. The highest BCUT2D eigenvalue weighted by atomic mass is 19.4. The third kappa shape index (κ3) is 7.94. The lowest BCUT2D eigenvalue weighted by atomic mass is 9.97. The number of carboxylic acid groups (broad SMARTS) is 1. The number of carboxylic acids is 1. The molecule has 0 spiro atoms. The quantitative estimate of drug-likeness (QED) is 0.178. The summed E-state index contributed by atoms with van der Waals surface area (Å²) < 4.78 is 118. The van der Waals surface area contributed by atoms with Gasteiger partial charge in [-0.2, -0.15) is 39.5 Å². The van der Waals surface area contributed by atoms with Gasteiger partial charge in [0.2, 0.25) is 0 Å². The van der Waals surface area contributed by atoms with Gasteiger partial charge < -0.3 is 15.5 Å². The minimum Gasteiger partial charge on any atom is -0.507 e. The zero-order valence-corrected chi connectivity index (χ0v) is 22.5. The van der Waals surface area contributed by atoms with Gasteiger partial charge in [-0.3, -0.25) is 4.79 Å². The van der Waals surface area contributed by atoms with Crippen molar-refractivity contribution in [1.29, 1.82) is 0 Å². The molecule has 0 saturated heterocycles. The van der Waals surface area contributed by atoms with E-state index in [4.69, 9.17) is 0 Å². The van der Waals surface area contributed by atoms with Crippen LogP contribution >= 0.6 is 0 Å². The molecule has 0 aliphatic heterocycles. The molecular formula is C31H20F9NO4. The first kappa shape index (κ1) is 32.9. The maximum atomic E-state index is 13.2. The highest BCUT2D eigenvalue weighted by Gasteiger charge is 2.37. The topological polar surface area (TPSA) is 86.6 Å². The number of halogens is 9. The van der Waals surface area contributed by atoms with Gasteiger partial charge >= 0.3 is 24.5 Å². The molecule has 3 N–H and O–H groups in total. The Morgan fingerprint density at radius 3 is 1.56 bits per heavy atom. The molecule has 0 aliphatic carbocycles. The normalized spacial score (nSPS) is 12.9. The summed E-state index contributed by atoms with van der Waals surface area (Å²) >= 11 is 0. The van der Waals surface area contributed by atoms with Gasteiger partial charge in [-0.1, -0.05) is 42.5 Å². The van der Waals surface area contributed by atoms with Gasteiger partial charge in [0.15, 0.2) is 0 Å². The Morgan fingerprint density at radius 1 is 0.600 bits per heavy atom. The number of phenols is 1. The molecule has 4 aromatic rings. The van der Waals surface area contributed by atoms with E-state index in [0.29, 0.717) is 12.1 Å². The zero-order chi connectivity index (χ0) is 33.3. The molecule has 0 bridgehead atoms. The van der Waals surface area contributed by atoms with Crippen LogP contribution in [0.3, 0.4) is 0 Å². The van der Waals surface area contributed by atoms with Gasteiger partial charge in [-0.25, -0.2) is 4.79 Å². The van der Waals surface area contributed by atoms with Crippen LogP contribution in [0.15, 0.2) is 84.9 Å². The van der Waals surface area contributed by atoms with Crippen molar-refractivity contribution in [3.8, 4) is 28.0 Å². The fourth-order valence-electron chi connectivity index (χ4n) is 4.38. The largest absolute Gasteiger partial charge is 0.507 e. The van der Waals surface area contributed by atoms with Crippen molar-refractivity contribution in [3.05, 3.63) is 113 Å². The van der Waals surface area contributed by atoms with E-state index in [1.807, 2.05) is 0 Å². The average Bonchev–Trinajstić information content (AvgIpc) is 2.96. The van der Waals surface area contributed by atoms with E-state index >= 15 is 0 Å². The van der Waals surface area contributed by atoms with Crippen LogP contribution in [0.25, 0.3) is 22.3 Å². The van der Waals surface area contributed by atoms with Crippen LogP contribution in [0.5, 0.6) is 5.75 Å². The molecule has 1 amide bonds. The van der Waals surface area contributed by atoms with E-state index in [1.54, 1.807) is 0 Å². The molecule has 45 heavy (non-hydrogen) atoms. The monoisotopic (exact) mass is 641 g/mol. The molecule has 14 heteroatoms. The highest BCUT2D eigenvalue weighted by Crippen LogP contribution is 2.39. The minimum atomic E-state index is -5.05. The predicted molar refractivity (Wildman–Crippen MR) is 143 cm³/mol. The number of nitrogens with one attached hydrogen (secondary N) is 1. The Bertz CT molecular complexity index is 1680. The van der Waals surface area contributed by atoms with Gasteiger partial charge in [-0.05, 0) is 70.3 Å². The summed E-state index contributed by atoms with van der Waals surface area (Å²) in [7, 11) is 0. The number of hydrogen-bond acceptors (Lipinski definition) is 3. The van der Waals surface area contributed by atoms with Crippen molar-refractivity contribution in [1.82, 2.24) is 5.32 Å². The van der Waals surface area contributed by atoms with Crippen molar-refractivity contribution in [2.75, 3.05) is 0 Å². The number of rotatable bonds is 7. The Kier molecular flexibility index (Phi) is 8.90. The van der Waals surface area contributed by atoms with Crippen molar-refractivity contribution < 1.29 is 59.3 Å². The van der Waals surface area contributed by atoms with Crippen LogP contribution < -0.4 is 5.32 Å². The standard InChI is InChI=1S/C31H20F9NO4/c32-29(33,34)21-8-5-17(6-9-21)19-7-10-26(42)24(14-19)27(43)41-25(28(44)45)11-16-1-3-18(4-2-16)20-12-22(30(35,36)37)15-23(13-20)31(38,39)40/h1-10,12-15,25,42H,11H2,(H,41,43)(H,44,45)/t25-/m0/s1. The van der Waals surface area contributed by atoms with Crippen LogP contribution in [-0.2, 0) is 29.7 Å². The van der Waals surface area contributed by atoms with Crippen LogP contribution in [-0.4, -0.2) is 28.1 Å². The maximum Gasteiger partial charge on any atom is 0.416 e. The van der Waals surface area contributed by atoms with Crippen LogP contribution in [0.1, 0.15) is 32.6 Å². The molecule has 236 valence electrons. The second-order valence-electron chi connectivity index (χ2n) is 9.87. The Hall–Kier alpha value is -5.01.